The highest BCUT2D eigenvalue weighted by Crippen LogP contribution is 2.11. The molecule has 0 bridgehead atoms. The van der Waals surface area contributed by atoms with Gasteiger partial charge in [0.15, 0.2) is 0 Å². The highest BCUT2D eigenvalue weighted by Gasteiger charge is 2.16. The van der Waals surface area contributed by atoms with Crippen LogP contribution in [0, 0.1) is 0 Å². The summed E-state index contributed by atoms with van der Waals surface area (Å²) < 4.78 is 0. The van der Waals surface area contributed by atoms with E-state index >= 15 is 0 Å². The van der Waals surface area contributed by atoms with E-state index in [1.807, 2.05) is 6.08 Å². The Bertz CT molecular complexity index is 158. The molecule has 1 aliphatic heterocycles. The smallest absolute Gasteiger partial charge is 0.0667 e. The van der Waals surface area contributed by atoms with E-state index in [4.69, 9.17) is 0 Å². The Balaban J connectivity index is 1.97. The van der Waals surface area contributed by atoms with Crippen molar-refractivity contribution in [3.05, 3.63) is 12.7 Å². The molecule has 0 spiro atoms. The van der Waals surface area contributed by atoms with Gasteiger partial charge in [-0.2, -0.15) is 0 Å². The fourth-order valence-corrected chi connectivity index (χ4v) is 2.04. The number of aliphatic hydroxyl groups excluding tert-OH is 1. The molecule has 14 heavy (non-hydrogen) atoms. The summed E-state index contributed by atoms with van der Waals surface area (Å²) in [5.41, 5.74) is 0. The topological polar surface area (TPSA) is 23.5 Å². The molecule has 0 aromatic rings. The lowest BCUT2D eigenvalue weighted by Gasteiger charge is -2.29. The first-order chi connectivity index (χ1) is 6.83. The van der Waals surface area contributed by atoms with Gasteiger partial charge in [-0.3, -0.25) is 0 Å². The lowest BCUT2D eigenvalue weighted by molar-refractivity contribution is 0.0698. The second kappa shape index (κ2) is 7.02. The molecule has 0 saturated carbocycles. The Hall–Kier alpha value is -0.340. The van der Waals surface area contributed by atoms with Gasteiger partial charge in [-0.1, -0.05) is 12.5 Å². The summed E-state index contributed by atoms with van der Waals surface area (Å²) in [6.45, 7) is 6.94. The predicted octanol–water partition coefficient (Wildman–Crippen LogP) is 2.19. The third kappa shape index (κ3) is 4.77. The second-order valence-corrected chi connectivity index (χ2v) is 4.23. The summed E-state index contributed by atoms with van der Waals surface area (Å²) in [5.74, 6) is 0. The van der Waals surface area contributed by atoms with Crippen molar-refractivity contribution >= 4 is 0 Å². The minimum atomic E-state index is -0.0723. The van der Waals surface area contributed by atoms with E-state index in [0.29, 0.717) is 0 Å². The number of allylic oxidation sites excluding steroid dienone is 1. The van der Waals surface area contributed by atoms with Gasteiger partial charge in [0.1, 0.15) is 0 Å². The lowest BCUT2D eigenvalue weighted by atomic mass is 10.1. The van der Waals surface area contributed by atoms with Gasteiger partial charge in [-0.05, 0) is 45.2 Å². The van der Waals surface area contributed by atoms with Gasteiger partial charge in [0.05, 0.1) is 6.10 Å². The summed E-state index contributed by atoms with van der Waals surface area (Å²) in [7, 11) is 0. The van der Waals surface area contributed by atoms with Crippen LogP contribution < -0.4 is 0 Å². The molecule has 1 atom stereocenters. The van der Waals surface area contributed by atoms with Crippen molar-refractivity contribution in [1.82, 2.24) is 4.90 Å². The third-order valence-electron chi connectivity index (χ3n) is 2.86. The average molecular weight is 197 g/mol. The lowest BCUT2D eigenvalue weighted by Crippen LogP contribution is -2.38. The minimum Gasteiger partial charge on any atom is -0.392 e. The Morgan fingerprint density at radius 2 is 2.21 bits per heavy atom. The van der Waals surface area contributed by atoms with Gasteiger partial charge < -0.3 is 10.0 Å². The highest BCUT2D eigenvalue weighted by molar-refractivity contribution is 4.72. The van der Waals surface area contributed by atoms with Crippen LogP contribution in [0.25, 0.3) is 0 Å². The minimum absolute atomic E-state index is 0.0723. The van der Waals surface area contributed by atoms with Crippen molar-refractivity contribution in [3.63, 3.8) is 0 Å². The quantitative estimate of drug-likeness (QED) is 0.521. The van der Waals surface area contributed by atoms with Crippen molar-refractivity contribution in [2.45, 2.75) is 44.6 Å². The SMILES string of the molecule is C=CCCCCCN1CCC[C@H](O)C1. The zero-order chi connectivity index (χ0) is 10.2. The molecule has 0 aromatic heterocycles. The molecule has 0 radical (unpaired) electrons. The largest absolute Gasteiger partial charge is 0.392 e. The number of nitrogens with zero attached hydrogens (tertiary/aromatic N) is 1. The van der Waals surface area contributed by atoms with E-state index in [1.165, 1.54) is 25.8 Å². The van der Waals surface area contributed by atoms with Crippen LogP contribution in [-0.4, -0.2) is 35.7 Å². The van der Waals surface area contributed by atoms with Crippen molar-refractivity contribution in [3.8, 4) is 0 Å². The number of unbranched alkanes of at least 4 members (excludes halogenated alkanes) is 3. The Morgan fingerprint density at radius 3 is 2.93 bits per heavy atom. The van der Waals surface area contributed by atoms with Crippen molar-refractivity contribution in [2.24, 2.45) is 0 Å². The van der Waals surface area contributed by atoms with Crippen LogP contribution >= 0.6 is 0 Å². The molecule has 1 heterocycles. The van der Waals surface area contributed by atoms with Crippen molar-refractivity contribution < 1.29 is 5.11 Å². The Kier molecular flexibility index (Phi) is 5.88. The number of piperidine rings is 1. The van der Waals surface area contributed by atoms with Crippen LogP contribution in [0.1, 0.15) is 38.5 Å². The molecule has 0 aliphatic carbocycles. The molecule has 2 nitrogen and oxygen atoms in total. The van der Waals surface area contributed by atoms with E-state index in [-0.39, 0.29) is 6.10 Å². The van der Waals surface area contributed by atoms with Crippen LogP contribution in [0.2, 0.25) is 0 Å². The normalized spacial score (nSPS) is 23.6. The van der Waals surface area contributed by atoms with Gasteiger partial charge >= 0.3 is 0 Å². The fourth-order valence-electron chi connectivity index (χ4n) is 2.04. The first-order valence-electron chi connectivity index (χ1n) is 5.84. The van der Waals surface area contributed by atoms with Crippen LogP contribution in [-0.2, 0) is 0 Å². The molecular formula is C12H23NO. The van der Waals surface area contributed by atoms with Gasteiger partial charge in [0, 0.05) is 6.54 Å². The molecule has 0 unspecified atom stereocenters. The van der Waals surface area contributed by atoms with Crippen LogP contribution in [0.5, 0.6) is 0 Å². The maximum atomic E-state index is 9.47. The Morgan fingerprint density at radius 1 is 1.36 bits per heavy atom. The summed E-state index contributed by atoms with van der Waals surface area (Å²) in [6.07, 6.45) is 9.03. The molecule has 0 amide bonds. The molecule has 2 heteroatoms. The molecule has 1 N–H and O–H groups in total. The monoisotopic (exact) mass is 197 g/mol. The highest BCUT2D eigenvalue weighted by atomic mass is 16.3. The standard InChI is InChI=1S/C12H23NO/c1-2-3-4-5-6-9-13-10-7-8-12(14)11-13/h2,12,14H,1,3-11H2/t12-/m0/s1. The first kappa shape index (κ1) is 11.7. The molecule has 1 aliphatic rings. The maximum Gasteiger partial charge on any atom is 0.0667 e. The maximum absolute atomic E-state index is 9.47. The van der Waals surface area contributed by atoms with E-state index < -0.39 is 0 Å². The zero-order valence-electron chi connectivity index (χ0n) is 9.12. The summed E-state index contributed by atoms with van der Waals surface area (Å²) >= 11 is 0. The number of aliphatic hydroxyl groups is 1. The number of likely N-dealkylation sites (tertiary alicyclic amines) is 1. The molecule has 1 rings (SSSR count). The zero-order valence-corrected chi connectivity index (χ0v) is 9.12. The summed E-state index contributed by atoms with van der Waals surface area (Å²) in [6, 6.07) is 0. The van der Waals surface area contributed by atoms with E-state index in [0.717, 1.165) is 32.4 Å². The van der Waals surface area contributed by atoms with E-state index in [9.17, 15) is 5.11 Å². The van der Waals surface area contributed by atoms with E-state index in [2.05, 4.69) is 11.5 Å². The summed E-state index contributed by atoms with van der Waals surface area (Å²) in [4.78, 5) is 2.39. The predicted molar refractivity (Wildman–Crippen MR) is 60.3 cm³/mol. The average Bonchev–Trinajstić information content (AvgIpc) is 2.18. The molecule has 1 saturated heterocycles. The molecule has 0 aromatic carbocycles. The molecular weight excluding hydrogens is 174 g/mol. The van der Waals surface area contributed by atoms with Crippen molar-refractivity contribution in [1.29, 1.82) is 0 Å². The summed E-state index contributed by atoms with van der Waals surface area (Å²) in [5, 5.41) is 9.47. The molecule has 1 fully saturated rings. The Labute approximate surface area is 87.6 Å². The third-order valence-corrected chi connectivity index (χ3v) is 2.86. The second-order valence-electron chi connectivity index (χ2n) is 4.23. The number of hydrogen-bond acceptors (Lipinski definition) is 2. The van der Waals surface area contributed by atoms with Gasteiger partial charge in [0.25, 0.3) is 0 Å². The van der Waals surface area contributed by atoms with Gasteiger partial charge in [0.2, 0.25) is 0 Å². The number of rotatable bonds is 6. The number of hydrogen-bond donors (Lipinski definition) is 1. The van der Waals surface area contributed by atoms with Gasteiger partial charge in [-0.15, -0.1) is 6.58 Å². The molecule has 82 valence electrons. The van der Waals surface area contributed by atoms with Gasteiger partial charge in [-0.25, -0.2) is 0 Å². The van der Waals surface area contributed by atoms with Crippen LogP contribution in [0.15, 0.2) is 12.7 Å². The van der Waals surface area contributed by atoms with Crippen molar-refractivity contribution in [2.75, 3.05) is 19.6 Å². The number of β-amino-alcohol motifs (C(OH)–C–C–N with tert-alkyl or cyclic N) is 1. The van der Waals surface area contributed by atoms with Crippen LogP contribution in [0.3, 0.4) is 0 Å². The van der Waals surface area contributed by atoms with E-state index in [1.54, 1.807) is 0 Å². The van der Waals surface area contributed by atoms with Crippen LogP contribution in [0.4, 0.5) is 0 Å². The first-order valence-corrected chi connectivity index (χ1v) is 5.84. The fraction of sp³-hybridized carbons (Fsp3) is 0.833.